The summed E-state index contributed by atoms with van der Waals surface area (Å²) in [6, 6.07) is 9.61. The van der Waals surface area contributed by atoms with Gasteiger partial charge < -0.3 is 5.32 Å². The number of nitrogens with one attached hydrogen (secondary N) is 1. The van der Waals surface area contributed by atoms with Gasteiger partial charge in [-0.25, -0.2) is 0 Å². The van der Waals surface area contributed by atoms with Crippen molar-refractivity contribution in [3.05, 3.63) is 29.8 Å². The molecule has 98 valence electrons. The van der Waals surface area contributed by atoms with Gasteiger partial charge >= 0.3 is 0 Å². The van der Waals surface area contributed by atoms with Crippen LogP contribution in [0.2, 0.25) is 0 Å². The molecule has 0 aromatic heterocycles. The summed E-state index contributed by atoms with van der Waals surface area (Å²) in [5.74, 6) is 2.90. The molecule has 1 aromatic rings. The van der Waals surface area contributed by atoms with Crippen LogP contribution in [0.5, 0.6) is 0 Å². The molecule has 1 nitrogen and oxygen atoms in total. The third-order valence-corrected chi connectivity index (χ3v) is 5.84. The SMILES string of the molecule is C[C@H](NCC1CSc2ccccc21)C1CCCC1. The fraction of sp³-hybridized carbons (Fsp3) is 0.625. The van der Waals surface area contributed by atoms with E-state index < -0.39 is 0 Å². The van der Waals surface area contributed by atoms with E-state index in [4.69, 9.17) is 0 Å². The molecule has 2 heteroatoms. The third kappa shape index (κ3) is 2.60. The number of hydrogen-bond donors (Lipinski definition) is 1. The molecule has 1 aliphatic carbocycles. The van der Waals surface area contributed by atoms with Gasteiger partial charge in [0.25, 0.3) is 0 Å². The fourth-order valence-electron chi connectivity index (χ4n) is 3.35. The highest BCUT2D eigenvalue weighted by Crippen LogP contribution is 2.39. The minimum Gasteiger partial charge on any atom is -0.313 e. The number of thioether (sulfide) groups is 1. The van der Waals surface area contributed by atoms with Crippen molar-refractivity contribution in [3.8, 4) is 0 Å². The molecule has 3 rings (SSSR count). The second-order valence-corrected chi connectivity index (χ2v) is 6.85. The first kappa shape index (κ1) is 12.6. The maximum atomic E-state index is 3.79. The summed E-state index contributed by atoms with van der Waals surface area (Å²) in [6.45, 7) is 3.53. The molecule has 0 spiro atoms. The zero-order chi connectivity index (χ0) is 12.4. The van der Waals surface area contributed by atoms with Crippen molar-refractivity contribution in [3.63, 3.8) is 0 Å². The Hall–Kier alpha value is -0.470. The number of hydrogen-bond acceptors (Lipinski definition) is 2. The van der Waals surface area contributed by atoms with E-state index in [2.05, 4.69) is 36.5 Å². The summed E-state index contributed by atoms with van der Waals surface area (Å²) >= 11 is 2.02. The van der Waals surface area contributed by atoms with Crippen molar-refractivity contribution in [2.75, 3.05) is 12.3 Å². The molecule has 0 bridgehead atoms. The molecule has 2 aliphatic rings. The molecular formula is C16H23NS. The molecule has 1 aliphatic heterocycles. The van der Waals surface area contributed by atoms with Gasteiger partial charge in [0.2, 0.25) is 0 Å². The van der Waals surface area contributed by atoms with Crippen LogP contribution in [0.15, 0.2) is 29.2 Å². The normalized spacial score (nSPS) is 25.3. The van der Waals surface area contributed by atoms with Crippen LogP contribution >= 0.6 is 11.8 Å². The first-order valence-corrected chi connectivity index (χ1v) is 8.28. The van der Waals surface area contributed by atoms with Crippen LogP contribution in [0.25, 0.3) is 0 Å². The lowest BCUT2D eigenvalue weighted by atomic mass is 9.97. The summed E-state index contributed by atoms with van der Waals surface area (Å²) < 4.78 is 0. The highest BCUT2D eigenvalue weighted by molar-refractivity contribution is 7.99. The van der Waals surface area contributed by atoms with E-state index in [0.717, 1.165) is 18.4 Å². The molecule has 1 heterocycles. The summed E-state index contributed by atoms with van der Waals surface area (Å²) in [5.41, 5.74) is 1.56. The van der Waals surface area contributed by atoms with Gasteiger partial charge in [-0.15, -0.1) is 11.8 Å². The highest BCUT2D eigenvalue weighted by Gasteiger charge is 2.25. The lowest BCUT2D eigenvalue weighted by molar-refractivity contribution is 0.376. The van der Waals surface area contributed by atoms with Gasteiger partial charge in [0, 0.05) is 29.2 Å². The lowest BCUT2D eigenvalue weighted by Gasteiger charge is -2.22. The van der Waals surface area contributed by atoms with E-state index in [1.807, 2.05) is 11.8 Å². The van der Waals surface area contributed by atoms with E-state index in [1.54, 1.807) is 5.56 Å². The van der Waals surface area contributed by atoms with E-state index in [1.165, 1.54) is 36.3 Å². The van der Waals surface area contributed by atoms with E-state index >= 15 is 0 Å². The zero-order valence-electron chi connectivity index (χ0n) is 11.2. The summed E-state index contributed by atoms with van der Waals surface area (Å²) in [4.78, 5) is 1.50. The summed E-state index contributed by atoms with van der Waals surface area (Å²) in [7, 11) is 0. The van der Waals surface area contributed by atoms with Crippen molar-refractivity contribution < 1.29 is 0 Å². The maximum absolute atomic E-state index is 3.79. The Morgan fingerprint density at radius 2 is 2.06 bits per heavy atom. The van der Waals surface area contributed by atoms with Crippen molar-refractivity contribution in [1.82, 2.24) is 5.32 Å². The number of benzene rings is 1. The van der Waals surface area contributed by atoms with E-state index in [0.29, 0.717) is 6.04 Å². The van der Waals surface area contributed by atoms with Crippen LogP contribution in [0, 0.1) is 5.92 Å². The van der Waals surface area contributed by atoms with Gasteiger partial charge in [-0.1, -0.05) is 31.0 Å². The fourth-order valence-corrected chi connectivity index (χ4v) is 4.60. The molecule has 2 atom stereocenters. The monoisotopic (exact) mass is 261 g/mol. The molecule has 0 radical (unpaired) electrons. The largest absolute Gasteiger partial charge is 0.313 e. The number of rotatable bonds is 4. The lowest BCUT2D eigenvalue weighted by Crippen LogP contribution is -2.35. The second kappa shape index (κ2) is 5.66. The van der Waals surface area contributed by atoms with Gasteiger partial charge in [0.1, 0.15) is 0 Å². The predicted octanol–water partition coefficient (Wildman–Crippen LogP) is 4.04. The van der Waals surface area contributed by atoms with Gasteiger partial charge in [0.15, 0.2) is 0 Å². The van der Waals surface area contributed by atoms with Gasteiger partial charge in [-0.2, -0.15) is 0 Å². The van der Waals surface area contributed by atoms with Crippen LogP contribution in [0.3, 0.4) is 0 Å². The van der Waals surface area contributed by atoms with Crippen molar-refractivity contribution in [2.24, 2.45) is 5.92 Å². The molecule has 1 fully saturated rings. The molecule has 1 saturated carbocycles. The quantitative estimate of drug-likeness (QED) is 0.877. The molecular weight excluding hydrogens is 238 g/mol. The molecule has 0 saturated heterocycles. The molecule has 1 aromatic carbocycles. The zero-order valence-corrected chi connectivity index (χ0v) is 12.0. The minimum absolute atomic E-state index is 0.699. The van der Waals surface area contributed by atoms with Crippen LogP contribution in [-0.4, -0.2) is 18.3 Å². The smallest absolute Gasteiger partial charge is 0.0108 e. The van der Waals surface area contributed by atoms with Crippen molar-refractivity contribution >= 4 is 11.8 Å². The first-order valence-electron chi connectivity index (χ1n) is 7.29. The van der Waals surface area contributed by atoms with E-state index in [-0.39, 0.29) is 0 Å². The predicted molar refractivity (Wildman–Crippen MR) is 79.3 cm³/mol. The third-order valence-electron chi connectivity index (χ3n) is 4.59. The average Bonchev–Trinajstić information content (AvgIpc) is 3.06. The average molecular weight is 261 g/mol. The van der Waals surface area contributed by atoms with Gasteiger partial charge in [0.05, 0.1) is 0 Å². The topological polar surface area (TPSA) is 12.0 Å². The first-order chi connectivity index (χ1) is 8.84. The Labute approximate surface area is 115 Å². The van der Waals surface area contributed by atoms with Crippen LogP contribution in [-0.2, 0) is 0 Å². The Balaban J connectivity index is 1.55. The molecule has 1 unspecified atom stereocenters. The standard InChI is InChI=1S/C16H23NS/c1-12(13-6-2-3-7-13)17-10-14-11-18-16-9-5-4-8-15(14)16/h4-5,8-9,12-14,17H,2-3,6-7,10-11H2,1H3/t12-,14?/m0/s1. The Bertz CT molecular complexity index is 398. The summed E-state index contributed by atoms with van der Waals surface area (Å²) in [5, 5.41) is 3.79. The van der Waals surface area contributed by atoms with Crippen LogP contribution < -0.4 is 5.32 Å². The highest BCUT2D eigenvalue weighted by atomic mass is 32.2. The maximum Gasteiger partial charge on any atom is 0.0108 e. The van der Waals surface area contributed by atoms with Gasteiger partial charge in [-0.05, 0) is 37.3 Å². The second-order valence-electron chi connectivity index (χ2n) is 5.79. The Morgan fingerprint density at radius 3 is 2.89 bits per heavy atom. The Kier molecular flexibility index (Phi) is 3.95. The number of fused-ring (bicyclic) bond motifs is 1. The van der Waals surface area contributed by atoms with Crippen molar-refractivity contribution in [1.29, 1.82) is 0 Å². The Morgan fingerprint density at radius 1 is 1.28 bits per heavy atom. The van der Waals surface area contributed by atoms with Crippen molar-refractivity contribution in [2.45, 2.75) is 49.5 Å². The molecule has 18 heavy (non-hydrogen) atoms. The molecule has 0 amide bonds. The minimum atomic E-state index is 0.699. The summed E-state index contributed by atoms with van der Waals surface area (Å²) in [6.07, 6.45) is 5.76. The van der Waals surface area contributed by atoms with E-state index in [9.17, 15) is 0 Å². The van der Waals surface area contributed by atoms with Crippen LogP contribution in [0.1, 0.15) is 44.1 Å². The van der Waals surface area contributed by atoms with Gasteiger partial charge in [-0.3, -0.25) is 0 Å². The van der Waals surface area contributed by atoms with Crippen LogP contribution in [0.4, 0.5) is 0 Å². The molecule has 1 N–H and O–H groups in total.